The van der Waals surface area contributed by atoms with Crippen LogP contribution in [0.25, 0.3) is 10.8 Å². The lowest BCUT2D eigenvalue weighted by atomic mass is 10.0. The number of hydrogen-bond acceptors (Lipinski definition) is 1. The first-order valence-electron chi connectivity index (χ1n) is 4.97. The van der Waals surface area contributed by atoms with Crippen molar-refractivity contribution < 1.29 is 15.0 Å². The molecule has 0 aliphatic heterocycles. The minimum Gasteiger partial charge on any atom is -0.450 e. The first-order chi connectivity index (χ1) is 8.15. The second-order valence-electron chi connectivity index (χ2n) is 3.30. The lowest BCUT2D eigenvalue weighted by Gasteiger charge is -2.01. The van der Waals surface area contributed by atoms with Gasteiger partial charge in [-0.25, -0.2) is 4.79 Å². The maximum Gasteiger partial charge on any atom is 0.503 e. The van der Waals surface area contributed by atoms with Crippen LogP contribution in [0.2, 0.25) is 0 Å². The fourth-order valence-corrected chi connectivity index (χ4v) is 1.56. The average molecular weight is 228 g/mol. The Labute approximate surface area is 99.3 Å². The highest BCUT2D eigenvalue weighted by Gasteiger charge is 1.96. The second-order valence-corrected chi connectivity index (χ2v) is 3.30. The van der Waals surface area contributed by atoms with Gasteiger partial charge in [-0.15, -0.1) is 12.3 Å². The van der Waals surface area contributed by atoms with Crippen molar-refractivity contribution in [3.63, 3.8) is 0 Å². The van der Waals surface area contributed by atoms with Gasteiger partial charge in [0.1, 0.15) is 0 Å². The molecule has 0 radical (unpaired) electrons. The summed E-state index contributed by atoms with van der Waals surface area (Å²) in [7, 11) is 0. The van der Waals surface area contributed by atoms with E-state index in [1.54, 1.807) is 0 Å². The normalized spacial score (nSPS) is 8.88. The maximum atomic E-state index is 8.56. The van der Waals surface area contributed by atoms with Crippen molar-refractivity contribution in [2.45, 2.75) is 6.42 Å². The summed E-state index contributed by atoms with van der Waals surface area (Å²) in [6.45, 7) is 0. The van der Waals surface area contributed by atoms with Gasteiger partial charge in [-0.05, 0) is 16.3 Å². The molecule has 17 heavy (non-hydrogen) atoms. The van der Waals surface area contributed by atoms with Crippen molar-refractivity contribution in [1.82, 2.24) is 0 Å². The largest absolute Gasteiger partial charge is 0.503 e. The highest BCUT2D eigenvalue weighted by atomic mass is 16.6. The molecule has 0 atom stereocenters. The summed E-state index contributed by atoms with van der Waals surface area (Å²) < 4.78 is 0. The van der Waals surface area contributed by atoms with Crippen LogP contribution in [-0.4, -0.2) is 16.4 Å². The molecule has 0 aliphatic carbocycles. The number of terminal acetylenes is 1. The van der Waals surface area contributed by atoms with Gasteiger partial charge >= 0.3 is 6.16 Å². The van der Waals surface area contributed by atoms with Crippen LogP contribution in [0.1, 0.15) is 5.56 Å². The van der Waals surface area contributed by atoms with Crippen molar-refractivity contribution in [1.29, 1.82) is 0 Å². The Morgan fingerprint density at radius 3 is 2.35 bits per heavy atom. The molecule has 86 valence electrons. The lowest BCUT2D eigenvalue weighted by Crippen LogP contribution is -1.83. The zero-order valence-corrected chi connectivity index (χ0v) is 9.13. The van der Waals surface area contributed by atoms with Crippen LogP contribution in [0.4, 0.5) is 4.79 Å². The fraction of sp³-hybridized carbons (Fsp3) is 0.0714. The topological polar surface area (TPSA) is 57.5 Å². The van der Waals surface area contributed by atoms with Gasteiger partial charge in [-0.3, -0.25) is 0 Å². The molecule has 0 heterocycles. The molecule has 0 aliphatic rings. The Kier molecular flexibility index (Phi) is 4.58. The number of carboxylic acid groups (broad SMARTS) is 2. The molecule has 2 N–H and O–H groups in total. The van der Waals surface area contributed by atoms with Gasteiger partial charge in [0.2, 0.25) is 0 Å². The van der Waals surface area contributed by atoms with Crippen molar-refractivity contribution in [3.8, 4) is 12.3 Å². The van der Waals surface area contributed by atoms with Gasteiger partial charge in [0.15, 0.2) is 0 Å². The fourth-order valence-electron chi connectivity index (χ4n) is 1.56. The maximum absolute atomic E-state index is 8.56. The summed E-state index contributed by atoms with van der Waals surface area (Å²) in [6, 6.07) is 14.5. The van der Waals surface area contributed by atoms with Crippen LogP contribution in [0.5, 0.6) is 0 Å². The smallest absolute Gasteiger partial charge is 0.450 e. The molecule has 0 saturated carbocycles. The van der Waals surface area contributed by atoms with Crippen molar-refractivity contribution >= 4 is 16.9 Å². The Balaban J connectivity index is 0.000000317. The van der Waals surface area contributed by atoms with Crippen LogP contribution < -0.4 is 0 Å². The van der Waals surface area contributed by atoms with Gasteiger partial charge in [-0.1, -0.05) is 42.5 Å². The molecule has 0 saturated heterocycles. The lowest BCUT2D eigenvalue weighted by molar-refractivity contribution is 0.137. The van der Waals surface area contributed by atoms with Crippen molar-refractivity contribution in [2.75, 3.05) is 0 Å². The Morgan fingerprint density at radius 1 is 1.12 bits per heavy atom. The molecule has 3 nitrogen and oxygen atoms in total. The third kappa shape index (κ3) is 3.88. The highest BCUT2D eigenvalue weighted by molar-refractivity contribution is 5.85. The molecule has 2 aromatic rings. The number of benzene rings is 2. The summed E-state index contributed by atoms with van der Waals surface area (Å²) >= 11 is 0. The van der Waals surface area contributed by atoms with E-state index in [9.17, 15) is 0 Å². The van der Waals surface area contributed by atoms with Crippen LogP contribution in [0.15, 0.2) is 42.5 Å². The van der Waals surface area contributed by atoms with Crippen LogP contribution >= 0.6 is 0 Å². The van der Waals surface area contributed by atoms with E-state index in [1.807, 2.05) is 12.1 Å². The quantitative estimate of drug-likeness (QED) is 0.736. The molecular weight excluding hydrogens is 216 g/mol. The predicted molar refractivity (Wildman–Crippen MR) is 67.1 cm³/mol. The molecule has 0 unspecified atom stereocenters. The average Bonchev–Trinajstić information content (AvgIpc) is 2.29. The van der Waals surface area contributed by atoms with Crippen molar-refractivity contribution in [2.24, 2.45) is 0 Å². The van der Waals surface area contributed by atoms with Crippen LogP contribution in [0, 0.1) is 12.3 Å². The number of rotatable bonds is 1. The molecule has 2 rings (SSSR count). The molecule has 2 aromatic carbocycles. The summed E-state index contributed by atoms with van der Waals surface area (Å²) in [5.41, 5.74) is 1.24. The van der Waals surface area contributed by atoms with Gasteiger partial charge in [0, 0.05) is 6.42 Å². The molecule has 0 aromatic heterocycles. The SMILES string of the molecule is C#CCc1cccc2ccccc12.O=C(O)O. The Bertz CT molecular complexity index is 543. The number of fused-ring (bicyclic) bond motifs is 1. The zero-order valence-electron chi connectivity index (χ0n) is 9.13. The summed E-state index contributed by atoms with van der Waals surface area (Å²) in [6.07, 6.45) is 4.18. The molecule has 0 amide bonds. The van der Waals surface area contributed by atoms with E-state index >= 15 is 0 Å². The molecule has 0 fully saturated rings. The van der Waals surface area contributed by atoms with E-state index in [2.05, 4.69) is 36.3 Å². The summed E-state index contributed by atoms with van der Waals surface area (Å²) in [5.74, 6) is 2.68. The highest BCUT2D eigenvalue weighted by Crippen LogP contribution is 2.18. The second kappa shape index (κ2) is 6.19. The van der Waals surface area contributed by atoms with Gasteiger partial charge in [0.25, 0.3) is 0 Å². The standard InChI is InChI=1S/C13H10.CH2O3/c1-2-6-11-8-5-9-12-7-3-4-10-13(11)12;2-1(3)4/h1,3-5,7-10H,6H2;(H2,2,3,4). The Hall–Kier alpha value is -2.47. The van der Waals surface area contributed by atoms with E-state index < -0.39 is 6.16 Å². The van der Waals surface area contributed by atoms with E-state index in [0.29, 0.717) is 6.42 Å². The number of hydrogen-bond donors (Lipinski definition) is 2. The first kappa shape index (κ1) is 12.6. The molecular formula is C14H12O3. The zero-order chi connectivity index (χ0) is 12.7. The Morgan fingerprint density at radius 2 is 1.71 bits per heavy atom. The van der Waals surface area contributed by atoms with E-state index in [-0.39, 0.29) is 0 Å². The summed E-state index contributed by atoms with van der Waals surface area (Å²) in [5, 5.41) is 16.5. The molecule has 0 spiro atoms. The van der Waals surface area contributed by atoms with E-state index in [1.165, 1.54) is 16.3 Å². The van der Waals surface area contributed by atoms with Crippen LogP contribution in [0.3, 0.4) is 0 Å². The van der Waals surface area contributed by atoms with E-state index in [4.69, 9.17) is 21.4 Å². The third-order valence-electron chi connectivity index (χ3n) is 2.17. The molecule has 3 heteroatoms. The van der Waals surface area contributed by atoms with Gasteiger partial charge in [0.05, 0.1) is 0 Å². The first-order valence-corrected chi connectivity index (χ1v) is 4.97. The van der Waals surface area contributed by atoms with Crippen LogP contribution in [-0.2, 0) is 6.42 Å². The monoisotopic (exact) mass is 228 g/mol. The molecule has 0 bridgehead atoms. The van der Waals surface area contributed by atoms with Gasteiger partial charge in [-0.2, -0.15) is 0 Å². The van der Waals surface area contributed by atoms with Gasteiger partial charge < -0.3 is 10.2 Å². The minimum absolute atomic E-state index is 0.710. The number of carbonyl (C=O) groups is 1. The predicted octanol–water partition coefficient (Wildman–Crippen LogP) is 3.24. The van der Waals surface area contributed by atoms with Crippen molar-refractivity contribution in [3.05, 3.63) is 48.0 Å². The summed E-state index contributed by atoms with van der Waals surface area (Å²) in [4.78, 5) is 8.56. The minimum atomic E-state index is -1.83. The third-order valence-corrected chi connectivity index (χ3v) is 2.17. The van der Waals surface area contributed by atoms with E-state index in [0.717, 1.165) is 0 Å².